The third kappa shape index (κ3) is 3.23. The number of aromatic nitrogens is 2. The van der Waals surface area contributed by atoms with Crippen molar-refractivity contribution in [3.8, 4) is 0 Å². The molecule has 2 aliphatic rings. The Balaban J connectivity index is 1.28. The van der Waals surface area contributed by atoms with Crippen LogP contribution >= 0.6 is 0 Å². The summed E-state index contributed by atoms with van der Waals surface area (Å²) in [5.74, 6) is 1.67. The predicted octanol–water partition coefficient (Wildman–Crippen LogP) is 3.00. The fourth-order valence-corrected chi connectivity index (χ4v) is 4.01. The van der Waals surface area contributed by atoms with Gasteiger partial charge in [0.25, 0.3) is 0 Å². The highest BCUT2D eigenvalue weighted by atomic mass is 16.2. The minimum absolute atomic E-state index is 0.194. The molecule has 24 heavy (non-hydrogen) atoms. The van der Waals surface area contributed by atoms with Crippen molar-refractivity contribution < 1.29 is 4.79 Å². The fourth-order valence-electron chi connectivity index (χ4n) is 4.01. The molecule has 2 heterocycles. The number of aryl methyl sites for hydroxylation is 1. The van der Waals surface area contributed by atoms with Gasteiger partial charge in [0.2, 0.25) is 5.91 Å². The summed E-state index contributed by atoms with van der Waals surface area (Å²) in [7, 11) is 1.93. The topological polar surface area (TPSA) is 38.1 Å². The standard InChI is InChI=1S/C20H25N3O/c1-22-14-17(13-21-22)18-12-19(18)20(24)23-9-7-16(8-10-23)11-15-5-3-2-4-6-15/h2-6,13-14,16,18-19H,7-12H2,1H3/t18-,19+/m1/s1. The Morgan fingerprint density at radius 2 is 1.96 bits per heavy atom. The molecule has 4 nitrogen and oxygen atoms in total. The van der Waals surface area contributed by atoms with Crippen molar-refractivity contribution in [2.75, 3.05) is 13.1 Å². The number of carbonyl (C=O) groups excluding carboxylic acids is 1. The van der Waals surface area contributed by atoms with Crippen molar-refractivity contribution in [2.45, 2.75) is 31.6 Å². The molecule has 0 radical (unpaired) electrons. The number of carbonyl (C=O) groups is 1. The zero-order valence-electron chi connectivity index (χ0n) is 14.3. The van der Waals surface area contributed by atoms with E-state index in [2.05, 4.69) is 40.3 Å². The Bertz CT molecular complexity index is 701. The Morgan fingerprint density at radius 1 is 1.21 bits per heavy atom. The molecule has 2 aromatic rings. The van der Waals surface area contributed by atoms with Crippen LogP contribution in [0, 0.1) is 11.8 Å². The van der Waals surface area contributed by atoms with Crippen LogP contribution in [-0.4, -0.2) is 33.7 Å². The van der Waals surface area contributed by atoms with Crippen molar-refractivity contribution in [1.29, 1.82) is 0 Å². The Labute approximate surface area is 143 Å². The normalized spacial score (nSPS) is 24.1. The molecule has 0 unspecified atom stereocenters. The second-order valence-electron chi connectivity index (χ2n) is 7.35. The second kappa shape index (κ2) is 6.42. The van der Waals surface area contributed by atoms with Crippen molar-refractivity contribution >= 4 is 5.91 Å². The van der Waals surface area contributed by atoms with Crippen LogP contribution in [0.4, 0.5) is 0 Å². The summed E-state index contributed by atoms with van der Waals surface area (Å²) in [6, 6.07) is 10.7. The average Bonchev–Trinajstić information content (AvgIpc) is 3.30. The lowest BCUT2D eigenvalue weighted by Gasteiger charge is -2.32. The molecule has 2 fully saturated rings. The van der Waals surface area contributed by atoms with Gasteiger partial charge in [-0.15, -0.1) is 0 Å². The van der Waals surface area contributed by atoms with Gasteiger partial charge in [0.05, 0.1) is 6.20 Å². The molecule has 1 saturated heterocycles. The first-order chi connectivity index (χ1) is 11.7. The number of rotatable bonds is 4. The van der Waals surface area contributed by atoms with Crippen LogP contribution in [-0.2, 0) is 18.3 Å². The van der Waals surface area contributed by atoms with E-state index in [1.54, 1.807) is 0 Å². The van der Waals surface area contributed by atoms with Crippen LogP contribution in [0.5, 0.6) is 0 Å². The van der Waals surface area contributed by atoms with Crippen LogP contribution in [0.1, 0.15) is 36.3 Å². The molecule has 0 bridgehead atoms. The molecule has 1 saturated carbocycles. The van der Waals surface area contributed by atoms with E-state index >= 15 is 0 Å². The first-order valence-electron chi connectivity index (χ1n) is 9.02. The summed E-state index contributed by atoms with van der Waals surface area (Å²) in [6.07, 6.45) is 8.35. The maximum Gasteiger partial charge on any atom is 0.226 e. The minimum atomic E-state index is 0.194. The summed E-state index contributed by atoms with van der Waals surface area (Å²) in [4.78, 5) is 14.8. The molecule has 1 amide bonds. The molecule has 0 spiro atoms. The number of hydrogen-bond acceptors (Lipinski definition) is 2. The number of piperidine rings is 1. The molecule has 1 aromatic heterocycles. The van der Waals surface area contributed by atoms with Crippen molar-refractivity contribution in [2.24, 2.45) is 18.9 Å². The maximum atomic E-state index is 12.7. The van der Waals surface area contributed by atoms with Crippen molar-refractivity contribution in [1.82, 2.24) is 14.7 Å². The smallest absolute Gasteiger partial charge is 0.226 e. The van der Waals surface area contributed by atoms with Gasteiger partial charge in [0.1, 0.15) is 0 Å². The van der Waals surface area contributed by atoms with E-state index < -0.39 is 0 Å². The van der Waals surface area contributed by atoms with E-state index in [0.29, 0.717) is 17.7 Å². The molecule has 1 aliphatic heterocycles. The van der Waals surface area contributed by atoms with Crippen molar-refractivity contribution in [3.63, 3.8) is 0 Å². The zero-order chi connectivity index (χ0) is 16.5. The predicted molar refractivity (Wildman–Crippen MR) is 93.5 cm³/mol. The van der Waals surface area contributed by atoms with E-state index in [-0.39, 0.29) is 5.92 Å². The van der Waals surface area contributed by atoms with Gasteiger partial charge >= 0.3 is 0 Å². The van der Waals surface area contributed by atoms with Gasteiger partial charge in [-0.25, -0.2) is 0 Å². The Morgan fingerprint density at radius 3 is 2.62 bits per heavy atom. The lowest BCUT2D eigenvalue weighted by molar-refractivity contribution is -0.134. The summed E-state index contributed by atoms with van der Waals surface area (Å²) in [5.41, 5.74) is 2.64. The van der Waals surface area contributed by atoms with Crippen LogP contribution in [0.2, 0.25) is 0 Å². The summed E-state index contributed by atoms with van der Waals surface area (Å²) in [5, 5.41) is 4.23. The summed E-state index contributed by atoms with van der Waals surface area (Å²) in [6.45, 7) is 1.85. The first kappa shape index (κ1) is 15.4. The number of likely N-dealkylation sites (tertiary alicyclic amines) is 1. The maximum absolute atomic E-state index is 12.7. The number of hydrogen-bond donors (Lipinski definition) is 0. The Kier molecular flexibility index (Phi) is 4.13. The fraction of sp³-hybridized carbons (Fsp3) is 0.500. The number of nitrogens with zero attached hydrogens (tertiary/aromatic N) is 3. The number of amides is 1. The van der Waals surface area contributed by atoms with Crippen LogP contribution in [0.15, 0.2) is 42.7 Å². The zero-order valence-corrected chi connectivity index (χ0v) is 14.3. The van der Waals surface area contributed by atoms with Gasteiger partial charge < -0.3 is 4.90 Å². The number of benzene rings is 1. The third-order valence-corrected chi connectivity index (χ3v) is 5.55. The highest BCUT2D eigenvalue weighted by Gasteiger charge is 2.46. The monoisotopic (exact) mass is 323 g/mol. The second-order valence-corrected chi connectivity index (χ2v) is 7.35. The molecule has 1 aliphatic carbocycles. The van der Waals surface area contributed by atoms with E-state index in [4.69, 9.17) is 0 Å². The van der Waals surface area contributed by atoms with E-state index in [1.165, 1.54) is 11.1 Å². The van der Waals surface area contributed by atoms with Crippen LogP contribution in [0.25, 0.3) is 0 Å². The van der Waals surface area contributed by atoms with Crippen LogP contribution in [0.3, 0.4) is 0 Å². The van der Waals surface area contributed by atoms with E-state index in [9.17, 15) is 4.79 Å². The minimum Gasteiger partial charge on any atom is -0.342 e. The largest absolute Gasteiger partial charge is 0.342 e. The van der Waals surface area contributed by atoms with Gasteiger partial charge in [-0.05, 0) is 48.6 Å². The molecule has 2 atom stereocenters. The molecule has 0 N–H and O–H groups in total. The van der Waals surface area contributed by atoms with Gasteiger partial charge in [0.15, 0.2) is 0 Å². The van der Waals surface area contributed by atoms with E-state index in [0.717, 1.165) is 38.8 Å². The van der Waals surface area contributed by atoms with Gasteiger partial charge in [0, 0.05) is 32.3 Å². The molecule has 1 aromatic carbocycles. The van der Waals surface area contributed by atoms with Gasteiger partial charge in [-0.3, -0.25) is 9.48 Å². The lowest BCUT2D eigenvalue weighted by atomic mass is 9.90. The molecular weight excluding hydrogens is 298 g/mol. The Hall–Kier alpha value is -2.10. The van der Waals surface area contributed by atoms with E-state index in [1.807, 2.05) is 24.1 Å². The first-order valence-corrected chi connectivity index (χ1v) is 9.02. The quantitative estimate of drug-likeness (QED) is 0.867. The highest BCUT2D eigenvalue weighted by Crippen LogP contribution is 2.48. The van der Waals surface area contributed by atoms with Crippen molar-refractivity contribution in [3.05, 3.63) is 53.9 Å². The van der Waals surface area contributed by atoms with Crippen LogP contribution < -0.4 is 0 Å². The summed E-state index contributed by atoms with van der Waals surface area (Å²) < 4.78 is 1.82. The molecule has 4 rings (SSSR count). The summed E-state index contributed by atoms with van der Waals surface area (Å²) >= 11 is 0. The SMILES string of the molecule is Cn1cc([C@H]2C[C@@H]2C(=O)N2CCC(Cc3ccccc3)CC2)cn1. The van der Waals surface area contributed by atoms with Gasteiger partial charge in [-0.1, -0.05) is 30.3 Å². The molecule has 4 heteroatoms. The average molecular weight is 323 g/mol. The third-order valence-electron chi connectivity index (χ3n) is 5.55. The highest BCUT2D eigenvalue weighted by molar-refractivity contribution is 5.83. The van der Waals surface area contributed by atoms with Gasteiger partial charge in [-0.2, -0.15) is 5.10 Å². The molecule has 126 valence electrons. The molecular formula is C20H25N3O. The lowest BCUT2D eigenvalue weighted by Crippen LogP contribution is -2.40.